The summed E-state index contributed by atoms with van der Waals surface area (Å²) in [6.45, 7) is 0. The molecule has 1 aromatic heterocycles. The number of carbonyl (C=O) groups excluding carboxylic acids is 1. The molecule has 104 valence electrons. The molecule has 0 bridgehead atoms. The lowest BCUT2D eigenvalue weighted by Crippen LogP contribution is -2.22. The van der Waals surface area contributed by atoms with Crippen molar-refractivity contribution in [3.63, 3.8) is 0 Å². The number of rotatable bonds is 2. The number of nitrogens with zero attached hydrogens (tertiary/aromatic N) is 1. The zero-order valence-corrected chi connectivity index (χ0v) is 10.7. The van der Waals surface area contributed by atoms with Crippen LogP contribution in [0.2, 0.25) is 0 Å². The molecule has 2 aromatic carbocycles. The van der Waals surface area contributed by atoms with E-state index in [-0.39, 0.29) is 17.1 Å². The number of phenols is 1. The molecule has 0 radical (unpaired) electrons. The highest BCUT2D eigenvalue weighted by molar-refractivity contribution is 6.03. The summed E-state index contributed by atoms with van der Waals surface area (Å²) in [7, 11) is 0. The molecular weight excluding hydrogens is 272 g/mol. The van der Waals surface area contributed by atoms with Gasteiger partial charge in [0.05, 0.1) is 5.69 Å². The number of nitrogens with one attached hydrogen (secondary N) is 1. The summed E-state index contributed by atoms with van der Waals surface area (Å²) >= 11 is 0. The van der Waals surface area contributed by atoms with Gasteiger partial charge in [0.25, 0.3) is 5.91 Å². The number of benzene rings is 2. The highest BCUT2D eigenvalue weighted by Crippen LogP contribution is 2.21. The molecule has 0 spiro atoms. The Morgan fingerprint density at radius 3 is 2.62 bits per heavy atom. The second kappa shape index (κ2) is 5.09. The van der Waals surface area contributed by atoms with E-state index in [9.17, 15) is 14.7 Å². The van der Waals surface area contributed by atoms with Gasteiger partial charge < -0.3 is 14.8 Å². The first-order valence-corrected chi connectivity index (χ1v) is 6.14. The van der Waals surface area contributed by atoms with Gasteiger partial charge in [-0.25, -0.2) is 9.78 Å². The number of carbonyl (C=O) groups is 1. The highest BCUT2D eigenvalue weighted by Gasteiger charge is 2.16. The van der Waals surface area contributed by atoms with Crippen LogP contribution in [0.4, 0.5) is 5.69 Å². The fraction of sp³-hybridized carbons (Fsp3) is 0. The van der Waals surface area contributed by atoms with Crippen LogP contribution in [0.1, 0.15) is 10.5 Å². The minimum absolute atomic E-state index is 0.101. The molecule has 0 unspecified atom stereocenters. The third-order valence-corrected chi connectivity index (χ3v) is 2.86. The number of fused-ring (bicyclic) bond motifs is 1. The minimum Gasteiger partial charge on any atom is -0.506 e. The average molecular weight is 282 g/mol. The molecule has 0 fully saturated rings. The van der Waals surface area contributed by atoms with E-state index in [2.05, 4.69) is 10.3 Å². The number of anilines is 1. The molecule has 0 aliphatic carbocycles. The number of hydrogen-bond acceptors (Lipinski definition) is 5. The SMILES string of the molecule is O=C(Nc1ccccc1O)c1nc2ccccc2oc1=O. The molecule has 0 saturated carbocycles. The molecule has 6 heteroatoms. The third kappa shape index (κ3) is 2.46. The monoisotopic (exact) mass is 282 g/mol. The molecule has 2 N–H and O–H groups in total. The van der Waals surface area contributed by atoms with Crippen LogP contribution in [0.5, 0.6) is 5.75 Å². The summed E-state index contributed by atoms with van der Waals surface area (Å²) in [6, 6.07) is 12.8. The van der Waals surface area contributed by atoms with Gasteiger partial charge in [0.2, 0.25) is 5.69 Å². The van der Waals surface area contributed by atoms with Crippen molar-refractivity contribution in [3.05, 3.63) is 64.6 Å². The second-order valence-electron chi connectivity index (χ2n) is 4.29. The maximum atomic E-state index is 12.1. The van der Waals surface area contributed by atoms with E-state index in [4.69, 9.17) is 4.42 Å². The predicted molar refractivity (Wildman–Crippen MR) is 76.3 cm³/mol. The summed E-state index contributed by atoms with van der Waals surface area (Å²) in [5.74, 6) is -0.841. The van der Waals surface area contributed by atoms with Crippen molar-refractivity contribution < 1.29 is 14.3 Å². The standard InChI is InChI=1S/C15H10N2O4/c18-11-7-3-1-5-9(11)17-14(19)13-15(20)21-12-8-4-2-6-10(12)16-13/h1-8,18H,(H,17,19). The Hall–Kier alpha value is -3.15. The lowest BCUT2D eigenvalue weighted by Gasteiger charge is -2.06. The van der Waals surface area contributed by atoms with E-state index >= 15 is 0 Å². The number of hydrogen-bond donors (Lipinski definition) is 2. The maximum absolute atomic E-state index is 12.1. The second-order valence-corrected chi connectivity index (χ2v) is 4.29. The third-order valence-electron chi connectivity index (χ3n) is 2.86. The molecule has 6 nitrogen and oxygen atoms in total. The molecule has 1 amide bonds. The zero-order chi connectivity index (χ0) is 14.8. The number of amides is 1. The smallest absolute Gasteiger partial charge is 0.368 e. The number of aromatic hydroxyl groups is 1. The largest absolute Gasteiger partial charge is 0.506 e. The number of para-hydroxylation sites is 4. The van der Waals surface area contributed by atoms with Crippen LogP contribution >= 0.6 is 0 Å². The van der Waals surface area contributed by atoms with Crippen LogP contribution < -0.4 is 10.9 Å². The Morgan fingerprint density at radius 1 is 1.10 bits per heavy atom. The first-order valence-electron chi connectivity index (χ1n) is 6.14. The topological polar surface area (TPSA) is 92.4 Å². The zero-order valence-electron chi connectivity index (χ0n) is 10.7. The summed E-state index contributed by atoms with van der Waals surface area (Å²) in [6.07, 6.45) is 0. The van der Waals surface area contributed by atoms with Crippen molar-refractivity contribution in [2.24, 2.45) is 0 Å². The normalized spacial score (nSPS) is 10.5. The van der Waals surface area contributed by atoms with Crippen molar-refractivity contribution >= 4 is 22.7 Å². The van der Waals surface area contributed by atoms with Crippen molar-refractivity contribution in [3.8, 4) is 5.75 Å². The predicted octanol–water partition coefficient (Wildman–Crippen LogP) is 2.15. The van der Waals surface area contributed by atoms with Crippen molar-refractivity contribution in [2.75, 3.05) is 5.32 Å². The Labute approximate surface area is 118 Å². The van der Waals surface area contributed by atoms with Gasteiger partial charge in [-0.1, -0.05) is 24.3 Å². The average Bonchev–Trinajstić information content (AvgIpc) is 2.49. The van der Waals surface area contributed by atoms with E-state index in [1.807, 2.05) is 0 Å². The Morgan fingerprint density at radius 2 is 1.81 bits per heavy atom. The van der Waals surface area contributed by atoms with Crippen molar-refractivity contribution in [1.29, 1.82) is 0 Å². The van der Waals surface area contributed by atoms with Gasteiger partial charge in [0.1, 0.15) is 11.3 Å². The van der Waals surface area contributed by atoms with Crippen LogP contribution in [-0.4, -0.2) is 16.0 Å². The highest BCUT2D eigenvalue weighted by atomic mass is 16.4. The first kappa shape index (κ1) is 12.9. The van der Waals surface area contributed by atoms with E-state index in [1.165, 1.54) is 12.1 Å². The van der Waals surface area contributed by atoms with E-state index in [0.29, 0.717) is 11.1 Å². The van der Waals surface area contributed by atoms with Gasteiger partial charge >= 0.3 is 5.63 Å². The summed E-state index contributed by atoms with van der Waals surface area (Å²) in [4.78, 5) is 27.9. The van der Waals surface area contributed by atoms with Crippen LogP contribution in [-0.2, 0) is 0 Å². The van der Waals surface area contributed by atoms with Crippen LogP contribution in [0, 0.1) is 0 Å². The fourth-order valence-corrected chi connectivity index (χ4v) is 1.85. The number of phenolic OH excluding ortho intramolecular Hbond substituents is 1. The fourth-order valence-electron chi connectivity index (χ4n) is 1.85. The Kier molecular flexibility index (Phi) is 3.12. The molecule has 0 atom stereocenters. The summed E-state index contributed by atoms with van der Waals surface area (Å²) < 4.78 is 5.04. The van der Waals surface area contributed by atoms with Crippen LogP contribution in [0.25, 0.3) is 11.1 Å². The van der Waals surface area contributed by atoms with Crippen LogP contribution in [0.3, 0.4) is 0 Å². The Balaban J connectivity index is 2.00. The molecule has 0 aliphatic rings. The lowest BCUT2D eigenvalue weighted by atomic mass is 10.2. The lowest BCUT2D eigenvalue weighted by molar-refractivity contribution is 0.101. The van der Waals surface area contributed by atoms with Gasteiger partial charge in [0, 0.05) is 0 Å². The van der Waals surface area contributed by atoms with E-state index in [1.54, 1.807) is 36.4 Å². The molecule has 1 heterocycles. The van der Waals surface area contributed by atoms with E-state index in [0.717, 1.165) is 0 Å². The maximum Gasteiger partial charge on any atom is 0.368 e. The van der Waals surface area contributed by atoms with Gasteiger partial charge in [-0.3, -0.25) is 4.79 Å². The van der Waals surface area contributed by atoms with Gasteiger partial charge in [-0.2, -0.15) is 0 Å². The molecule has 3 rings (SSSR count). The molecular formula is C15H10N2O4. The molecule has 0 aliphatic heterocycles. The summed E-state index contributed by atoms with van der Waals surface area (Å²) in [5.41, 5.74) is -0.295. The summed E-state index contributed by atoms with van der Waals surface area (Å²) in [5, 5.41) is 12.0. The Bertz CT molecular complexity index is 886. The van der Waals surface area contributed by atoms with Crippen LogP contribution in [0.15, 0.2) is 57.7 Å². The van der Waals surface area contributed by atoms with Gasteiger partial charge in [-0.15, -0.1) is 0 Å². The van der Waals surface area contributed by atoms with Crippen molar-refractivity contribution in [1.82, 2.24) is 4.98 Å². The van der Waals surface area contributed by atoms with Gasteiger partial charge in [0.15, 0.2) is 5.58 Å². The minimum atomic E-state index is -0.832. The van der Waals surface area contributed by atoms with Gasteiger partial charge in [-0.05, 0) is 24.3 Å². The molecule has 3 aromatic rings. The number of aromatic nitrogens is 1. The molecule has 21 heavy (non-hydrogen) atoms. The molecule has 0 saturated heterocycles. The van der Waals surface area contributed by atoms with Crippen molar-refractivity contribution in [2.45, 2.75) is 0 Å². The van der Waals surface area contributed by atoms with E-state index < -0.39 is 11.5 Å². The quantitative estimate of drug-likeness (QED) is 0.702. The first-order chi connectivity index (χ1) is 10.1.